The number of primary amides is 1. The molecule has 1 aromatic carbocycles. The van der Waals surface area contributed by atoms with E-state index in [0.29, 0.717) is 25.0 Å². The molecular weight excluding hydrogens is 512 g/mol. The van der Waals surface area contributed by atoms with Gasteiger partial charge in [0.1, 0.15) is 11.3 Å². The number of benzene rings is 1. The zero-order chi connectivity index (χ0) is 28.1. The van der Waals surface area contributed by atoms with Crippen molar-refractivity contribution in [1.29, 1.82) is 0 Å². The van der Waals surface area contributed by atoms with Crippen molar-refractivity contribution in [3.05, 3.63) is 23.8 Å². The molecular formula is C25H36N6O6S. The van der Waals surface area contributed by atoms with Crippen LogP contribution in [0.1, 0.15) is 70.2 Å². The molecule has 0 bridgehead atoms. The van der Waals surface area contributed by atoms with Crippen LogP contribution >= 0.6 is 0 Å². The highest BCUT2D eigenvalue weighted by molar-refractivity contribution is 7.90. The van der Waals surface area contributed by atoms with Gasteiger partial charge in [-0.15, -0.1) is 5.10 Å². The maximum absolute atomic E-state index is 13.5. The van der Waals surface area contributed by atoms with Crippen molar-refractivity contribution in [3.8, 4) is 5.75 Å². The van der Waals surface area contributed by atoms with Gasteiger partial charge < -0.3 is 21.1 Å². The van der Waals surface area contributed by atoms with Crippen molar-refractivity contribution in [1.82, 2.24) is 15.4 Å². The molecule has 2 aliphatic rings. The number of hydrogen-bond acceptors (Lipinski definition) is 9. The average Bonchev–Trinajstić information content (AvgIpc) is 3.50. The summed E-state index contributed by atoms with van der Waals surface area (Å²) in [6.45, 7) is 8.10. The van der Waals surface area contributed by atoms with Gasteiger partial charge >= 0.3 is 0 Å². The van der Waals surface area contributed by atoms with Crippen molar-refractivity contribution >= 4 is 39.2 Å². The Hall–Kier alpha value is -3.32. The third-order valence-electron chi connectivity index (χ3n) is 6.72. The number of carbonyl (C=O) groups excluding carboxylic acids is 3. The highest BCUT2D eigenvalue weighted by Crippen LogP contribution is 2.27. The summed E-state index contributed by atoms with van der Waals surface area (Å²) in [6.07, 6.45) is 3.47. The number of carbonyl (C=O) groups is 3. The van der Waals surface area contributed by atoms with Gasteiger partial charge in [0.25, 0.3) is 21.8 Å². The quantitative estimate of drug-likeness (QED) is 0.303. The molecule has 0 aromatic heterocycles. The van der Waals surface area contributed by atoms with Crippen molar-refractivity contribution in [2.75, 3.05) is 13.2 Å². The van der Waals surface area contributed by atoms with Crippen LogP contribution in [-0.4, -0.2) is 62.3 Å². The lowest BCUT2D eigenvalue weighted by molar-refractivity contribution is -0.123. The van der Waals surface area contributed by atoms with E-state index in [2.05, 4.69) is 25.6 Å². The van der Waals surface area contributed by atoms with Gasteiger partial charge in [0.2, 0.25) is 5.91 Å². The van der Waals surface area contributed by atoms with Crippen LogP contribution in [0.15, 0.2) is 33.3 Å². The molecule has 2 heterocycles. The number of amides is 3. The molecule has 13 heteroatoms. The molecule has 1 aromatic rings. The summed E-state index contributed by atoms with van der Waals surface area (Å²) >= 11 is 0. The second-order valence-electron chi connectivity index (χ2n) is 9.66. The van der Waals surface area contributed by atoms with Crippen LogP contribution in [0.3, 0.4) is 0 Å². The Kier molecular flexibility index (Phi) is 9.26. The molecule has 0 radical (unpaired) electrons. The standard InChI is InChI=1S/C25H36N6O6S/c1-5-8-20-25(4,21(22(26)32)30-29-20)28-24(34)17-14-16(10-11-19(17)37-13-6-2)38(35,36)31-23(33)15(3)18-9-7-12-27-18/h10-11,14-15,18,27H,5-9,12-13H2,1-4H3,(H2,26,32)(H,28,34)(H,31,33). The Morgan fingerprint density at radius 2 is 1.97 bits per heavy atom. The summed E-state index contributed by atoms with van der Waals surface area (Å²) in [5.41, 5.74) is 4.34. The minimum absolute atomic E-state index is 0.0907. The molecule has 1 fully saturated rings. The van der Waals surface area contributed by atoms with Gasteiger partial charge in [-0.25, -0.2) is 13.1 Å². The SMILES string of the molecule is CCCOc1ccc(S(=O)(=O)NC(=O)C(C)C2CCCN2)cc1C(=O)NC1(C)C(CCC)=NN=C1C(N)=O. The lowest BCUT2D eigenvalue weighted by Gasteiger charge is -2.28. The normalized spacial score (nSPS) is 21.8. The van der Waals surface area contributed by atoms with E-state index in [1.165, 1.54) is 12.1 Å². The molecule has 3 atom stereocenters. The number of hydrogen-bond donors (Lipinski definition) is 4. The Balaban J connectivity index is 1.93. The molecule has 3 rings (SSSR count). The zero-order valence-corrected chi connectivity index (χ0v) is 23.0. The molecule has 2 aliphatic heterocycles. The minimum Gasteiger partial charge on any atom is -0.493 e. The summed E-state index contributed by atoms with van der Waals surface area (Å²) in [5, 5.41) is 13.9. The van der Waals surface area contributed by atoms with Gasteiger partial charge in [-0.05, 0) is 57.4 Å². The predicted molar refractivity (Wildman–Crippen MR) is 143 cm³/mol. The summed E-state index contributed by atoms with van der Waals surface area (Å²) in [7, 11) is -4.30. The van der Waals surface area contributed by atoms with E-state index in [-0.39, 0.29) is 34.6 Å². The molecule has 0 saturated carbocycles. The van der Waals surface area contributed by atoms with E-state index in [4.69, 9.17) is 10.5 Å². The Morgan fingerprint density at radius 1 is 1.24 bits per heavy atom. The van der Waals surface area contributed by atoms with Crippen LogP contribution in [0, 0.1) is 5.92 Å². The predicted octanol–water partition coefficient (Wildman–Crippen LogP) is 1.25. The maximum atomic E-state index is 13.5. The lowest BCUT2D eigenvalue weighted by Crippen LogP contribution is -2.59. The van der Waals surface area contributed by atoms with Crippen LogP contribution in [0.5, 0.6) is 5.75 Å². The average molecular weight is 549 g/mol. The summed E-state index contributed by atoms with van der Waals surface area (Å²) in [5.74, 6) is -2.61. The van der Waals surface area contributed by atoms with Crippen LogP contribution < -0.4 is 25.8 Å². The van der Waals surface area contributed by atoms with Crippen molar-refractivity contribution in [2.24, 2.45) is 21.9 Å². The van der Waals surface area contributed by atoms with E-state index in [0.717, 1.165) is 25.5 Å². The summed E-state index contributed by atoms with van der Waals surface area (Å²) < 4.78 is 34.1. The van der Waals surface area contributed by atoms with Gasteiger partial charge in [-0.1, -0.05) is 27.2 Å². The van der Waals surface area contributed by atoms with Crippen molar-refractivity contribution < 1.29 is 27.5 Å². The van der Waals surface area contributed by atoms with Crippen LogP contribution in [0.2, 0.25) is 0 Å². The second-order valence-corrected chi connectivity index (χ2v) is 11.3. The summed E-state index contributed by atoms with van der Waals surface area (Å²) in [6, 6.07) is 3.67. The minimum atomic E-state index is -4.30. The number of rotatable bonds is 12. The largest absolute Gasteiger partial charge is 0.493 e. The maximum Gasteiger partial charge on any atom is 0.267 e. The van der Waals surface area contributed by atoms with Crippen LogP contribution in [0.25, 0.3) is 0 Å². The number of ether oxygens (including phenoxy) is 1. The Labute approximate surface area is 222 Å². The highest BCUT2D eigenvalue weighted by Gasteiger charge is 2.44. The van der Waals surface area contributed by atoms with E-state index < -0.39 is 39.2 Å². The van der Waals surface area contributed by atoms with Gasteiger partial charge in [0, 0.05) is 6.04 Å². The third-order valence-corrected chi connectivity index (χ3v) is 8.07. The van der Waals surface area contributed by atoms with E-state index in [1.54, 1.807) is 13.8 Å². The fourth-order valence-corrected chi connectivity index (χ4v) is 5.59. The zero-order valence-electron chi connectivity index (χ0n) is 22.2. The molecule has 0 spiro atoms. The topological polar surface area (TPSA) is 181 Å². The first-order valence-electron chi connectivity index (χ1n) is 12.8. The van der Waals surface area contributed by atoms with E-state index >= 15 is 0 Å². The third kappa shape index (κ3) is 6.21. The highest BCUT2D eigenvalue weighted by atomic mass is 32.2. The number of sulfonamides is 1. The van der Waals surface area contributed by atoms with Gasteiger partial charge in [-0.2, -0.15) is 5.10 Å². The van der Waals surface area contributed by atoms with Crippen LogP contribution in [0.4, 0.5) is 0 Å². The first-order valence-corrected chi connectivity index (χ1v) is 14.3. The Morgan fingerprint density at radius 3 is 2.58 bits per heavy atom. The van der Waals surface area contributed by atoms with E-state index in [9.17, 15) is 22.8 Å². The number of nitrogens with two attached hydrogens (primary N) is 1. The molecule has 0 aliphatic carbocycles. The first kappa shape index (κ1) is 29.2. The van der Waals surface area contributed by atoms with Gasteiger partial charge in [0.05, 0.1) is 28.7 Å². The lowest BCUT2D eigenvalue weighted by atomic mass is 9.87. The molecule has 12 nitrogen and oxygen atoms in total. The smallest absolute Gasteiger partial charge is 0.267 e. The van der Waals surface area contributed by atoms with Crippen LogP contribution in [-0.2, 0) is 19.6 Å². The first-order chi connectivity index (χ1) is 17.9. The summed E-state index contributed by atoms with van der Waals surface area (Å²) in [4.78, 5) is 38.0. The van der Waals surface area contributed by atoms with Crippen molar-refractivity contribution in [3.63, 3.8) is 0 Å². The fourth-order valence-electron chi connectivity index (χ4n) is 4.50. The van der Waals surface area contributed by atoms with Gasteiger partial charge in [0.15, 0.2) is 5.71 Å². The monoisotopic (exact) mass is 548 g/mol. The fraction of sp³-hybridized carbons (Fsp3) is 0.560. The number of nitrogens with one attached hydrogen (secondary N) is 3. The molecule has 38 heavy (non-hydrogen) atoms. The van der Waals surface area contributed by atoms with Gasteiger partial charge in [-0.3, -0.25) is 14.4 Å². The van der Waals surface area contributed by atoms with E-state index in [1.807, 2.05) is 13.8 Å². The molecule has 5 N–H and O–H groups in total. The molecule has 1 saturated heterocycles. The van der Waals surface area contributed by atoms with Crippen molar-refractivity contribution in [2.45, 2.75) is 76.3 Å². The molecule has 208 valence electrons. The molecule has 3 amide bonds. The number of nitrogens with zero attached hydrogens (tertiary/aromatic N) is 2. The Bertz CT molecular complexity index is 1250. The molecule has 3 unspecified atom stereocenters. The second kappa shape index (κ2) is 12.0.